The van der Waals surface area contributed by atoms with Crippen LogP contribution in [0.2, 0.25) is 0 Å². The first-order chi connectivity index (χ1) is 15.2. The molecule has 0 unspecified atom stereocenters. The molecule has 1 N–H and O–H groups in total. The summed E-state index contributed by atoms with van der Waals surface area (Å²) in [5.74, 6) is 0.410. The van der Waals surface area contributed by atoms with Gasteiger partial charge in [0.25, 0.3) is 5.91 Å². The van der Waals surface area contributed by atoms with Crippen molar-refractivity contribution in [1.82, 2.24) is 0 Å². The van der Waals surface area contributed by atoms with Crippen molar-refractivity contribution < 1.29 is 9.53 Å². The Bertz CT molecular complexity index is 1200. The molecule has 1 amide bonds. The Labute approximate surface area is 182 Å². The van der Waals surface area contributed by atoms with Crippen LogP contribution in [0, 0.1) is 0 Å². The fourth-order valence-electron chi connectivity index (χ4n) is 3.35. The first-order valence-corrected chi connectivity index (χ1v) is 10.4. The van der Waals surface area contributed by atoms with Gasteiger partial charge in [0, 0.05) is 17.5 Å². The van der Waals surface area contributed by atoms with Crippen molar-refractivity contribution in [2.75, 3.05) is 11.9 Å². The van der Waals surface area contributed by atoms with Crippen LogP contribution in [-0.4, -0.2) is 18.7 Å². The number of hydrogen-bond donors (Lipinski definition) is 1. The van der Waals surface area contributed by atoms with Crippen molar-refractivity contribution in [2.45, 2.75) is 13.3 Å². The molecule has 4 rings (SSSR count). The van der Waals surface area contributed by atoms with E-state index in [2.05, 4.69) is 35.4 Å². The van der Waals surface area contributed by atoms with Crippen LogP contribution in [0.3, 0.4) is 0 Å². The second-order valence-corrected chi connectivity index (χ2v) is 7.18. The van der Waals surface area contributed by atoms with Crippen LogP contribution in [0.1, 0.15) is 18.1 Å². The third-order valence-corrected chi connectivity index (χ3v) is 5.03. The van der Waals surface area contributed by atoms with Gasteiger partial charge in [0.2, 0.25) is 0 Å². The van der Waals surface area contributed by atoms with Crippen LogP contribution in [0.15, 0.2) is 96.0 Å². The van der Waals surface area contributed by atoms with E-state index in [1.807, 2.05) is 79.0 Å². The van der Waals surface area contributed by atoms with Crippen LogP contribution in [0.25, 0.3) is 10.8 Å². The minimum Gasteiger partial charge on any atom is -0.483 e. The molecule has 0 aromatic heterocycles. The Kier molecular flexibility index (Phi) is 6.38. The summed E-state index contributed by atoms with van der Waals surface area (Å²) in [6, 6.07) is 29.5. The summed E-state index contributed by atoms with van der Waals surface area (Å²) in [7, 11) is 0. The molecule has 0 aliphatic rings. The number of nitrogens with one attached hydrogen (secondary N) is 1. The fraction of sp³-hybridized carbons (Fsp3) is 0.111. The minimum atomic E-state index is -0.211. The predicted molar refractivity (Wildman–Crippen MR) is 128 cm³/mol. The van der Waals surface area contributed by atoms with Gasteiger partial charge in [-0.05, 0) is 53.1 Å². The van der Waals surface area contributed by atoms with E-state index in [1.54, 1.807) is 0 Å². The van der Waals surface area contributed by atoms with Crippen molar-refractivity contribution >= 4 is 34.3 Å². The van der Waals surface area contributed by atoms with E-state index in [9.17, 15) is 4.79 Å². The molecule has 154 valence electrons. The Morgan fingerprint density at radius 2 is 1.65 bits per heavy atom. The summed E-state index contributed by atoms with van der Waals surface area (Å²) in [4.78, 5) is 17.0. The summed E-state index contributed by atoms with van der Waals surface area (Å²) in [5, 5.41) is 4.95. The van der Waals surface area contributed by atoms with Gasteiger partial charge < -0.3 is 10.1 Å². The minimum absolute atomic E-state index is 0.0841. The fourth-order valence-corrected chi connectivity index (χ4v) is 3.35. The van der Waals surface area contributed by atoms with Crippen LogP contribution in [-0.2, 0) is 11.2 Å². The van der Waals surface area contributed by atoms with Crippen molar-refractivity contribution in [3.63, 3.8) is 0 Å². The van der Waals surface area contributed by atoms with Crippen molar-refractivity contribution in [3.8, 4) is 5.75 Å². The lowest BCUT2D eigenvalue weighted by atomic mass is 10.0. The van der Waals surface area contributed by atoms with Gasteiger partial charge in [0.1, 0.15) is 5.75 Å². The number of anilines is 1. The smallest absolute Gasteiger partial charge is 0.262 e. The maximum absolute atomic E-state index is 12.3. The second-order valence-electron chi connectivity index (χ2n) is 7.18. The molecule has 31 heavy (non-hydrogen) atoms. The van der Waals surface area contributed by atoms with Crippen LogP contribution < -0.4 is 10.1 Å². The molecule has 0 aliphatic heterocycles. The van der Waals surface area contributed by atoms with E-state index >= 15 is 0 Å². The third-order valence-electron chi connectivity index (χ3n) is 5.03. The SMILES string of the molecule is CCc1ccc(N=Cc2c(OCC(=O)Nc3ccccc3)ccc3ccccc23)cc1. The van der Waals surface area contributed by atoms with Crippen molar-refractivity contribution in [1.29, 1.82) is 0 Å². The van der Waals surface area contributed by atoms with Crippen LogP contribution in [0.5, 0.6) is 5.75 Å². The summed E-state index contributed by atoms with van der Waals surface area (Å²) in [6.45, 7) is 2.05. The third kappa shape index (κ3) is 5.17. The molecule has 0 heterocycles. The largest absolute Gasteiger partial charge is 0.483 e. The lowest BCUT2D eigenvalue weighted by molar-refractivity contribution is -0.118. The molecular weight excluding hydrogens is 384 g/mol. The number of nitrogens with zero attached hydrogens (tertiary/aromatic N) is 1. The zero-order chi connectivity index (χ0) is 21.5. The number of ether oxygens (including phenoxy) is 1. The zero-order valence-electron chi connectivity index (χ0n) is 17.4. The van der Waals surface area contributed by atoms with Gasteiger partial charge in [-0.15, -0.1) is 0 Å². The van der Waals surface area contributed by atoms with Crippen LogP contribution in [0.4, 0.5) is 11.4 Å². The van der Waals surface area contributed by atoms with Gasteiger partial charge in [0.15, 0.2) is 6.61 Å². The Hall–Kier alpha value is -3.92. The summed E-state index contributed by atoms with van der Waals surface area (Å²) >= 11 is 0. The van der Waals surface area contributed by atoms with Crippen molar-refractivity contribution in [2.24, 2.45) is 4.99 Å². The number of hydrogen-bond acceptors (Lipinski definition) is 3. The lowest BCUT2D eigenvalue weighted by Gasteiger charge is -2.12. The van der Waals surface area contributed by atoms with Gasteiger partial charge >= 0.3 is 0 Å². The summed E-state index contributed by atoms with van der Waals surface area (Å²) in [6.07, 6.45) is 2.81. The number of rotatable bonds is 7. The highest BCUT2D eigenvalue weighted by molar-refractivity contribution is 6.03. The maximum atomic E-state index is 12.3. The van der Waals surface area contributed by atoms with E-state index in [-0.39, 0.29) is 12.5 Å². The van der Waals surface area contributed by atoms with Gasteiger partial charge in [-0.25, -0.2) is 0 Å². The molecule has 0 fully saturated rings. The number of carbonyl (C=O) groups is 1. The summed E-state index contributed by atoms with van der Waals surface area (Å²) < 4.78 is 5.90. The number of aryl methyl sites for hydroxylation is 1. The average Bonchev–Trinajstić information content (AvgIpc) is 2.82. The van der Waals surface area contributed by atoms with Gasteiger partial charge in [0.05, 0.1) is 5.69 Å². The Morgan fingerprint density at radius 1 is 0.903 bits per heavy atom. The van der Waals surface area contributed by atoms with E-state index in [4.69, 9.17) is 4.74 Å². The molecule has 0 spiro atoms. The van der Waals surface area contributed by atoms with E-state index in [0.29, 0.717) is 5.75 Å². The predicted octanol–water partition coefficient (Wildman–Crippen LogP) is 6.17. The number of fused-ring (bicyclic) bond motifs is 1. The Morgan fingerprint density at radius 3 is 2.42 bits per heavy atom. The molecule has 4 nitrogen and oxygen atoms in total. The van der Waals surface area contributed by atoms with E-state index < -0.39 is 0 Å². The number of amides is 1. The van der Waals surface area contributed by atoms with Crippen molar-refractivity contribution in [3.05, 3.63) is 102 Å². The number of para-hydroxylation sites is 1. The molecule has 0 saturated carbocycles. The van der Waals surface area contributed by atoms with Gasteiger partial charge in [-0.1, -0.05) is 67.6 Å². The standard InChI is InChI=1S/C27H24N2O2/c1-2-20-12-15-22(16-13-20)28-18-25-24-11-7-6-8-21(24)14-17-26(25)31-19-27(30)29-23-9-4-3-5-10-23/h3-18H,2,19H2,1H3,(H,29,30). The quantitative estimate of drug-likeness (QED) is 0.372. The number of benzene rings is 4. The normalized spacial score (nSPS) is 11.0. The highest BCUT2D eigenvalue weighted by Crippen LogP contribution is 2.27. The monoisotopic (exact) mass is 408 g/mol. The molecule has 4 aromatic rings. The van der Waals surface area contributed by atoms with Gasteiger partial charge in [-0.3, -0.25) is 9.79 Å². The van der Waals surface area contributed by atoms with E-state index in [0.717, 1.165) is 34.1 Å². The molecular formula is C27H24N2O2. The first-order valence-electron chi connectivity index (χ1n) is 10.4. The summed E-state index contributed by atoms with van der Waals surface area (Å²) in [5.41, 5.74) is 3.74. The average molecular weight is 409 g/mol. The maximum Gasteiger partial charge on any atom is 0.262 e. The van der Waals surface area contributed by atoms with Gasteiger partial charge in [-0.2, -0.15) is 0 Å². The highest BCUT2D eigenvalue weighted by atomic mass is 16.5. The molecule has 0 atom stereocenters. The molecule has 0 aliphatic carbocycles. The number of carbonyl (C=O) groups excluding carboxylic acids is 1. The molecule has 4 heteroatoms. The first kappa shape index (κ1) is 20.4. The molecule has 0 radical (unpaired) electrons. The lowest BCUT2D eigenvalue weighted by Crippen LogP contribution is -2.20. The van der Waals surface area contributed by atoms with Crippen LogP contribution >= 0.6 is 0 Å². The molecule has 4 aromatic carbocycles. The zero-order valence-corrected chi connectivity index (χ0v) is 17.4. The van der Waals surface area contributed by atoms with E-state index in [1.165, 1.54) is 5.56 Å². The molecule has 0 bridgehead atoms. The highest BCUT2D eigenvalue weighted by Gasteiger charge is 2.10. The molecule has 0 saturated heterocycles. The second kappa shape index (κ2) is 9.72. The topological polar surface area (TPSA) is 50.7 Å². The number of aliphatic imine (C=N–C) groups is 1. The Balaban J connectivity index is 1.57.